The summed E-state index contributed by atoms with van der Waals surface area (Å²) in [5.74, 6) is 0.866. The summed E-state index contributed by atoms with van der Waals surface area (Å²) in [6.07, 6.45) is 1.84. The van der Waals surface area contributed by atoms with Crippen molar-refractivity contribution in [3.63, 3.8) is 0 Å². The first-order valence-electron chi connectivity index (χ1n) is 12.2. The Morgan fingerprint density at radius 2 is 1.32 bits per heavy atom. The van der Waals surface area contributed by atoms with Gasteiger partial charge in [0.25, 0.3) is 0 Å². The molecule has 2 aromatic heterocycles. The molecule has 0 unspecified atom stereocenters. The molecule has 37 heavy (non-hydrogen) atoms. The maximum absolute atomic E-state index is 4.99. The topological polar surface area (TPSA) is 32.3 Å². The molecule has 0 spiro atoms. The zero-order valence-electron chi connectivity index (χ0n) is 19.9. The van der Waals surface area contributed by atoms with E-state index in [2.05, 4.69) is 107 Å². The fourth-order valence-corrected chi connectivity index (χ4v) is 5.30. The summed E-state index contributed by atoms with van der Waals surface area (Å²) in [6.45, 7) is 0. The average molecular weight is 495 g/mol. The van der Waals surface area contributed by atoms with Gasteiger partial charge in [-0.2, -0.15) is 0 Å². The zero-order chi connectivity index (χ0) is 24.8. The summed E-state index contributed by atoms with van der Waals surface area (Å²) in [6, 6.07) is 41.7. The Bertz CT molecular complexity index is 1750. The largest absolute Gasteiger partial charge is 0.306 e. The molecular formula is C32H22N4S. The Morgan fingerprint density at radius 1 is 0.568 bits per heavy atom. The molecule has 5 heteroatoms. The van der Waals surface area contributed by atoms with Crippen LogP contribution in [0.15, 0.2) is 132 Å². The van der Waals surface area contributed by atoms with Crippen LogP contribution in [0, 0.1) is 0 Å². The fourth-order valence-electron chi connectivity index (χ4n) is 5.03. The summed E-state index contributed by atoms with van der Waals surface area (Å²) in [7, 11) is 0. The van der Waals surface area contributed by atoms with Gasteiger partial charge in [0, 0.05) is 27.7 Å². The molecule has 4 aromatic carbocycles. The highest BCUT2D eigenvalue weighted by Crippen LogP contribution is 2.54. The van der Waals surface area contributed by atoms with Gasteiger partial charge >= 0.3 is 0 Å². The number of thiol groups is 1. The van der Waals surface area contributed by atoms with Crippen LogP contribution in [0.3, 0.4) is 0 Å². The quantitative estimate of drug-likeness (QED) is 0.249. The van der Waals surface area contributed by atoms with E-state index in [9.17, 15) is 0 Å². The van der Waals surface area contributed by atoms with Crippen LogP contribution in [0.2, 0.25) is 0 Å². The third kappa shape index (κ3) is 3.63. The number of pyridine rings is 2. The smallest absolute Gasteiger partial charge is 0.137 e. The van der Waals surface area contributed by atoms with Gasteiger partial charge in [-0.15, -0.1) is 12.6 Å². The van der Waals surface area contributed by atoms with Crippen molar-refractivity contribution < 1.29 is 0 Å². The molecule has 4 nitrogen and oxygen atoms in total. The first kappa shape index (κ1) is 21.7. The minimum absolute atomic E-state index is 0.866. The summed E-state index contributed by atoms with van der Waals surface area (Å²) in [4.78, 5) is 15.1. The summed E-state index contributed by atoms with van der Waals surface area (Å²) >= 11 is 4.65. The van der Waals surface area contributed by atoms with Crippen LogP contribution in [0.4, 0.5) is 34.3 Å². The van der Waals surface area contributed by atoms with Crippen molar-refractivity contribution in [2.75, 3.05) is 9.80 Å². The molecule has 1 aliphatic heterocycles. The minimum atomic E-state index is 0.866. The number of hydrogen-bond donors (Lipinski definition) is 1. The molecule has 0 amide bonds. The lowest BCUT2D eigenvalue weighted by molar-refractivity contribution is 1.12. The SMILES string of the molecule is Sc1cccc2ccc(-c3ccc4c(c3)N(c3ccccn3)c3ccccc3N4c3ccccc3)nc12. The van der Waals surface area contributed by atoms with Crippen LogP contribution < -0.4 is 9.80 Å². The van der Waals surface area contributed by atoms with Crippen molar-refractivity contribution in [2.24, 2.45) is 0 Å². The van der Waals surface area contributed by atoms with Gasteiger partial charge in [0.2, 0.25) is 0 Å². The van der Waals surface area contributed by atoms with Gasteiger partial charge in [-0.3, -0.25) is 4.90 Å². The van der Waals surface area contributed by atoms with E-state index >= 15 is 0 Å². The fraction of sp³-hybridized carbons (Fsp3) is 0. The number of benzene rings is 4. The molecule has 0 atom stereocenters. The predicted octanol–water partition coefficient (Wildman–Crippen LogP) is 8.84. The number of anilines is 6. The van der Waals surface area contributed by atoms with E-state index in [0.717, 1.165) is 61.3 Å². The molecular weight excluding hydrogens is 472 g/mol. The molecule has 176 valence electrons. The number of aromatic nitrogens is 2. The van der Waals surface area contributed by atoms with E-state index in [1.807, 2.05) is 42.6 Å². The number of para-hydroxylation sites is 4. The lowest BCUT2D eigenvalue weighted by Gasteiger charge is -2.40. The van der Waals surface area contributed by atoms with Gasteiger partial charge in [-0.25, -0.2) is 9.97 Å². The highest BCUT2D eigenvalue weighted by Gasteiger charge is 2.31. The van der Waals surface area contributed by atoms with Crippen molar-refractivity contribution in [2.45, 2.75) is 4.90 Å². The lowest BCUT2D eigenvalue weighted by atomic mass is 10.0. The first-order chi connectivity index (χ1) is 18.3. The van der Waals surface area contributed by atoms with Crippen molar-refractivity contribution >= 4 is 57.8 Å². The van der Waals surface area contributed by atoms with E-state index in [1.54, 1.807) is 0 Å². The molecule has 0 bridgehead atoms. The van der Waals surface area contributed by atoms with Crippen molar-refractivity contribution in [1.82, 2.24) is 9.97 Å². The van der Waals surface area contributed by atoms with Gasteiger partial charge in [0.15, 0.2) is 0 Å². The van der Waals surface area contributed by atoms with E-state index in [1.165, 1.54) is 0 Å². The Kier molecular flexibility index (Phi) is 5.15. The van der Waals surface area contributed by atoms with Gasteiger partial charge < -0.3 is 4.90 Å². The van der Waals surface area contributed by atoms with E-state index in [4.69, 9.17) is 9.97 Å². The van der Waals surface area contributed by atoms with Crippen LogP contribution in [-0.2, 0) is 0 Å². The molecule has 0 saturated carbocycles. The van der Waals surface area contributed by atoms with Crippen LogP contribution in [-0.4, -0.2) is 9.97 Å². The zero-order valence-corrected chi connectivity index (χ0v) is 20.8. The van der Waals surface area contributed by atoms with Crippen LogP contribution >= 0.6 is 12.6 Å². The molecule has 7 rings (SSSR count). The highest BCUT2D eigenvalue weighted by atomic mass is 32.1. The summed E-state index contributed by atoms with van der Waals surface area (Å²) in [5.41, 5.74) is 8.23. The van der Waals surface area contributed by atoms with Crippen LogP contribution in [0.5, 0.6) is 0 Å². The van der Waals surface area contributed by atoms with Crippen molar-refractivity contribution in [1.29, 1.82) is 0 Å². The molecule has 6 aromatic rings. The average Bonchev–Trinajstić information content (AvgIpc) is 2.96. The van der Waals surface area contributed by atoms with Crippen LogP contribution in [0.25, 0.3) is 22.2 Å². The van der Waals surface area contributed by atoms with E-state index in [0.29, 0.717) is 0 Å². The maximum atomic E-state index is 4.99. The number of rotatable bonds is 3. The monoisotopic (exact) mass is 494 g/mol. The van der Waals surface area contributed by atoms with Gasteiger partial charge in [-0.1, -0.05) is 60.7 Å². The molecule has 0 N–H and O–H groups in total. The molecule has 1 aliphatic rings. The highest BCUT2D eigenvalue weighted by molar-refractivity contribution is 7.80. The van der Waals surface area contributed by atoms with Gasteiger partial charge in [0.05, 0.1) is 34.0 Å². The lowest BCUT2D eigenvalue weighted by Crippen LogP contribution is -2.24. The Labute approximate surface area is 220 Å². The second-order valence-corrected chi connectivity index (χ2v) is 9.41. The Balaban J connectivity index is 1.48. The maximum Gasteiger partial charge on any atom is 0.137 e. The van der Waals surface area contributed by atoms with E-state index < -0.39 is 0 Å². The van der Waals surface area contributed by atoms with Crippen molar-refractivity contribution in [3.05, 3.63) is 128 Å². The number of fused-ring (bicyclic) bond motifs is 3. The molecule has 0 aliphatic carbocycles. The first-order valence-corrected chi connectivity index (χ1v) is 12.6. The standard InChI is InChI=1S/C32H22N4S/c37-30-14-8-9-22-16-18-25(34-32(22)30)23-17-19-28-29(21-23)36(31-15-6-7-20-33-31)27-13-5-4-12-26(27)35(28)24-10-2-1-3-11-24/h1-21,37H. The predicted molar refractivity (Wildman–Crippen MR) is 155 cm³/mol. The summed E-state index contributed by atoms with van der Waals surface area (Å²) in [5, 5.41) is 1.08. The van der Waals surface area contributed by atoms with Crippen molar-refractivity contribution in [3.8, 4) is 11.3 Å². The summed E-state index contributed by atoms with van der Waals surface area (Å²) < 4.78 is 0. The van der Waals surface area contributed by atoms with Gasteiger partial charge in [0.1, 0.15) is 5.82 Å². The minimum Gasteiger partial charge on any atom is -0.306 e. The normalized spacial score (nSPS) is 12.4. The number of hydrogen-bond acceptors (Lipinski definition) is 5. The third-order valence-corrected chi connectivity index (χ3v) is 7.07. The van der Waals surface area contributed by atoms with E-state index in [-0.39, 0.29) is 0 Å². The Hall–Kier alpha value is -4.61. The molecule has 0 fully saturated rings. The second kappa shape index (κ2) is 8.80. The molecule has 0 saturated heterocycles. The Morgan fingerprint density at radius 3 is 2.14 bits per heavy atom. The molecule has 3 heterocycles. The van der Waals surface area contributed by atoms with Crippen LogP contribution in [0.1, 0.15) is 0 Å². The number of nitrogens with zero attached hydrogens (tertiary/aromatic N) is 4. The third-order valence-electron chi connectivity index (χ3n) is 6.71. The molecule has 0 radical (unpaired) electrons. The second-order valence-electron chi connectivity index (χ2n) is 8.93. The van der Waals surface area contributed by atoms with Gasteiger partial charge in [-0.05, 0) is 60.7 Å².